The van der Waals surface area contributed by atoms with E-state index < -0.39 is 0 Å². The first-order valence-electron chi connectivity index (χ1n) is 24.7. The number of aromatic nitrogens is 6. The number of benzene rings is 8. The lowest BCUT2D eigenvalue weighted by Gasteiger charge is -2.63. The molecule has 6 heteroatoms. The van der Waals surface area contributed by atoms with Gasteiger partial charge in [0.25, 0.3) is 0 Å². The van der Waals surface area contributed by atoms with Crippen molar-refractivity contribution in [3.8, 4) is 90.6 Å². The summed E-state index contributed by atoms with van der Waals surface area (Å²) in [4.78, 5) is 29.9. The van der Waals surface area contributed by atoms with E-state index in [4.69, 9.17) is 29.9 Å². The Balaban J connectivity index is 0.773. The predicted octanol–water partition coefficient (Wildman–Crippen LogP) is 15.2. The summed E-state index contributed by atoms with van der Waals surface area (Å²) in [5.74, 6) is 5.50. The SMILES string of the molecule is c1ccc(-c2nc(-c3ccccc3)nc(-c3cccc(-c4ccc(C56CC7CC(C5)CC(c5ccc(-c8cccc(-c9nc(-c%10ccccc%10)nc(-c%10ccccc%10)n9)c8)cc5)(C7)C6)cc4)c3)n2)cc1. The molecule has 0 N–H and O–H groups in total. The number of nitrogens with zero attached hydrogens (tertiary/aromatic N) is 6. The van der Waals surface area contributed by atoms with Crippen LogP contribution >= 0.6 is 0 Å². The molecule has 336 valence electrons. The van der Waals surface area contributed by atoms with Crippen LogP contribution in [-0.4, -0.2) is 29.9 Å². The van der Waals surface area contributed by atoms with Crippen LogP contribution in [0.1, 0.15) is 49.7 Å². The van der Waals surface area contributed by atoms with Crippen LogP contribution in [-0.2, 0) is 10.8 Å². The highest BCUT2D eigenvalue weighted by Gasteiger charge is 2.58. The molecule has 0 saturated heterocycles. The van der Waals surface area contributed by atoms with Crippen molar-refractivity contribution >= 4 is 0 Å². The average molecular weight is 903 g/mol. The number of hydrogen-bond donors (Lipinski definition) is 0. The molecule has 6 nitrogen and oxygen atoms in total. The molecule has 4 aliphatic carbocycles. The van der Waals surface area contributed by atoms with Crippen LogP contribution in [0.3, 0.4) is 0 Å². The van der Waals surface area contributed by atoms with Crippen molar-refractivity contribution in [2.24, 2.45) is 11.8 Å². The summed E-state index contributed by atoms with van der Waals surface area (Å²) < 4.78 is 0. The first kappa shape index (κ1) is 41.9. The van der Waals surface area contributed by atoms with Gasteiger partial charge in [0, 0.05) is 33.4 Å². The highest BCUT2D eigenvalue weighted by Crippen LogP contribution is 2.66. The smallest absolute Gasteiger partial charge is 0.164 e. The largest absolute Gasteiger partial charge is 0.208 e. The van der Waals surface area contributed by atoms with Gasteiger partial charge in [0.1, 0.15) is 0 Å². The molecular formula is C64H50N6. The van der Waals surface area contributed by atoms with Crippen LogP contribution < -0.4 is 0 Å². The van der Waals surface area contributed by atoms with Crippen LogP contribution in [0.4, 0.5) is 0 Å². The second-order valence-corrected chi connectivity index (χ2v) is 19.9. The highest BCUT2D eigenvalue weighted by molar-refractivity contribution is 5.75. The van der Waals surface area contributed by atoms with E-state index in [1.165, 1.54) is 60.8 Å². The van der Waals surface area contributed by atoms with E-state index in [1.54, 1.807) is 0 Å². The van der Waals surface area contributed by atoms with Crippen LogP contribution in [0.2, 0.25) is 0 Å². The molecule has 10 aromatic rings. The first-order chi connectivity index (χ1) is 34.5. The zero-order chi connectivity index (χ0) is 46.5. The molecule has 0 amide bonds. The van der Waals surface area contributed by atoms with Gasteiger partial charge in [0.2, 0.25) is 0 Å². The fourth-order valence-corrected chi connectivity index (χ4v) is 12.5. The maximum Gasteiger partial charge on any atom is 0.164 e. The molecule has 0 atom stereocenters. The van der Waals surface area contributed by atoms with Gasteiger partial charge in [-0.3, -0.25) is 0 Å². The molecule has 4 bridgehead atoms. The molecule has 14 rings (SSSR count). The minimum absolute atomic E-state index is 0.186. The molecule has 4 saturated carbocycles. The Kier molecular flexibility index (Phi) is 10.4. The lowest BCUT2D eigenvalue weighted by atomic mass is 9.41. The Morgan fingerprint density at radius 3 is 0.843 bits per heavy atom. The van der Waals surface area contributed by atoms with E-state index in [-0.39, 0.29) is 10.8 Å². The van der Waals surface area contributed by atoms with Crippen LogP contribution in [0.5, 0.6) is 0 Å². The van der Waals surface area contributed by atoms with Gasteiger partial charge in [-0.2, -0.15) is 0 Å². The van der Waals surface area contributed by atoms with Crippen LogP contribution in [0, 0.1) is 11.8 Å². The van der Waals surface area contributed by atoms with Gasteiger partial charge >= 0.3 is 0 Å². The van der Waals surface area contributed by atoms with Crippen LogP contribution in [0.15, 0.2) is 218 Å². The van der Waals surface area contributed by atoms with Gasteiger partial charge in [-0.05, 0) is 107 Å². The first-order valence-corrected chi connectivity index (χ1v) is 24.7. The molecular weight excluding hydrogens is 853 g/mol. The Hall–Kier alpha value is -8.22. The molecule has 4 fully saturated rings. The van der Waals surface area contributed by atoms with Gasteiger partial charge in [0.05, 0.1) is 0 Å². The predicted molar refractivity (Wildman–Crippen MR) is 281 cm³/mol. The third kappa shape index (κ3) is 7.89. The minimum atomic E-state index is 0.186. The second-order valence-electron chi connectivity index (χ2n) is 19.9. The quantitative estimate of drug-likeness (QED) is 0.136. The van der Waals surface area contributed by atoms with E-state index in [2.05, 4.69) is 146 Å². The van der Waals surface area contributed by atoms with Crippen molar-refractivity contribution < 1.29 is 0 Å². The third-order valence-corrected chi connectivity index (χ3v) is 15.4. The summed E-state index contributed by atoms with van der Waals surface area (Å²) in [5.41, 5.74) is 13.9. The highest BCUT2D eigenvalue weighted by atomic mass is 15.0. The van der Waals surface area contributed by atoms with Crippen molar-refractivity contribution in [3.05, 3.63) is 230 Å². The van der Waals surface area contributed by atoms with E-state index in [0.29, 0.717) is 34.9 Å². The molecule has 70 heavy (non-hydrogen) atoms. The Bertz CT molecular complexity index is 3130. The average Bonchev–Trinajstić information content (AvgIpc) is 3.43. The molecule has 0 spiro atoms. The summed E-state index contributed by atoms with van der Waals surface area (Å²) in [6, 6.07) is 77.2. The number of hydrogen-bond acceptors (Lipinski definition) is 6. The molecule has 0 radical (unpaired) electrons. The summed E-state index contributed by atoms with van der Waals surface area (Å²) in [6.07, 6.45) is 7.71. The third-order valence-electron chi connectivity index (χ3n) is 15.4. The van der Waals surface area contributed by atoms with Crippen molar-refractivity contribution in [2.75, 3.05) is 0 Å². The topological polar surface area (TPSA) is 77.3 Å². The summed E-state index contributed by atoms with van der Waals surface area (Å²) in [6.45, 7) is 0. The maximum absolute atomic E-state index is 5.01. The Labute approximate surface area is 409 Å². The maximum atomic E-state index is 5.01. The molecule has 2 aromatic heterocycles. The molecule has 4 aliphatic rings. The Morgan fingerprint density at radius 2 is 0.529 bits per heavy atom. The van der Waals surface area contributed by atoms with Crippen LogP contribution in [0.25, 0.3) is 90.6 Å². The van der Waals surface area contributed by atoms with Gasteiger partial charge in [-0.25, -0.2) is 29.9 Å². The molecule has 2 heterocycles. The van der Waals surface area contributed by atoms with Crippen molar-refractivity contribution in [3.63, 3.8) is 0 Å². The van der Waals surface area contributed by atoms with E-state index in [0.717, 1.165) is 56.3 Å². The van der Waals surface area contributed by atoms with Gasteiger partial charge < -0.3 is 0 Å². The molecule has 8 aromatic carbocycles. The van der Waals surface area contributed by atoms with Crippen molar-refractivity contribution in [2.45, 2.75) is 49.4 Å². The molecule has 0 aliphatic heterocycles. The monoisotopic (exact) mass is 902 g/mol. The van der Waals surface area contributed by atoms with Gasteiger partial charge in [-0.15, -0.1) is 0 Å². The summed E-state index contributed by atoms with van der Waals surface area (Å²) >= 11 is 0. The van der Waals surface area contributed by atoms with Gasteiger partial charge in [0.15, 0.2) is 34.9 Å². The normalized spacial score (nSPS) is 20.1. The Morgan fingerprint density at radius 1 is 0.257 bits per heavy atom. The summed E-state index contributed by atoms with van der Waals surface area (Å²) in [7, 11) is 0. The standard InChI is InChI=1S/C64H50N6/c1-5-15-47(16-6-1)57-65-58(48-17-7-2-8-18-48)68-61(67-57)53-25-13-23-51(36-53)45-27-31-55(32-28-45)63-38-43-35-44(39-63)41-64(40-43,42-63)56-33-29-46(30-34-56)52-24-14-26-54(37-52)62-69-59(49-19-9-3-10-20-49)66-60(70-62)50-21-11-4-12-22-50/h1-34,36-37,43-44H,35,38-42H2. The second kappa shape index (κ2) is 17.4. The van der Waals surface area contributed by atoms with E-state index in [1.807, 2.05) is 72.8 Å². The zero-order valence-corrected chi connectivity index (χ0v) is 38.9. The van der Waals surface area contributed by atoms with Crippen molar-refractivity contribution in [1.29, 1.82) is 0 Å². The van der Waals surface area contributed by atoms with E-state index >= 15 is 0 Å². The van der Waals surface area contributed by atoms with Gasteiger partial charge in [-0.1, -0.05) is 206 Å². The molecule has 0 unspecified atom stereocenters. The lowest BCUT2D eigenvalue weighted by molar-refractivity contribution is -0.0281. The fourth-order valence-electron chi connectivity index (χ4n) is 12.5. The number of rotatable bonds is 10. The van der Waals surface area contributed by atoms with Crippen molar-refractivity contribution in [1.82, 2.24) is 29.9 Å². The van der Waals surface area contributed by atoms with E-state index in [9.17, 15) is 0 Å². The lowest BCUT2D eigenvalue weighted by Crippen LogP contribution is -2.55. The zero-order valence-electron chi connectivity index (χ0n) is 38.9. The summed E-state index contributed by atoms with van der Waals surface area (Å²) in [5, 5.41) is 0. The minimum Gasteiger partial charge on any atom is -0.208 e. The fraction of sp³-hybridized carbons (Fsp3) is 0.156.